The minimum Gasteiger partial charge on any atom is -0.397 e. The number of carbonyl (C=O) groups excluding carboxylic acids is 1. The van der Waals surface area contributed by atoms with Crippen LogP contribution in [0.15, 0.2) is 42.5 Å². The van der Waals surface area contributed by atoms with E-state index >= 15 is 0 Å². The summed E-state index contributed by atoms with van der Waals surface area (Å²) in [7, 11) is 0. The topological polar surface area (TPSA) is 55.1 Å². The van der Waals surface area contributed by atoms with Crippen molar-refractivity contribution in [2.45, 2.75) is 6.92 Å². The van der Waals surface area contributed by atoms with E-state index in [0.717, 1.165) is 0 Å². The lowest BCUT2D eigenvalue weighted by Crippen LogP contribution is -2.09. The molecule has 1 aromatic carbocycles. The highest BCUT2D eigenvalue weighted by atomic mass is 19.1. The van der Waals surface area contributed by atoms with Crippen LogP contribution in [-0.4, -0.2) is 5.91 Å². The maximum Gasteiger partial charge on any atom is 0.248 e. The van der Waals surface area contributed by atoms with Crippen LogP contribution in [-0.2, 0) is 4.79 Å². The van der Waals surface area contributed by atoms with Gasteiger partial charge in [-0.3, -0.25) is 4.79 Å². The molecule has 1 aromatic rings. The number of allylic oxidation sites excluding steroid dienone is 3. The minimum atomic E-state index is -0.443. The number of benzene rings is 1. The van der Waals surface area contributed by atoms with Gasteiger partial charge in [-0.25, -0.2) is 4.39 Å². The second-order valence-corrected chi connectivity index (χ2v) is 3.11. The van der Waals surface area contributed by atoms with Crippen molar-refractivity contribution in [1.82, 2.24) is 0 Å². The van der Waals surface area contributed by atoms with E-state index in [4.69, 9.17) is 5.73 Å². The molecule has 0 radical (unpaired) electrons. The van der Waals surface area contributed by atoms with Crippen molar-refractivity contribution in [3.8, 4) is 0 Å². The second-order valence-electron chi connectivity index (χ2n) is 3.11. The number of halogens is 1. The van der Waals surface area contributed by atoms with Crippen LogP contribution in [0.3, 0.4) is 0 Å². The van der Waals surface area contributed by atoms with Crippen LogP contribution in [0.1, 0.15) is 6.92 Å². The van der Waals surface area contributed by atoms with Crippen molar-refractivity contribution < 1.29 is 9.18 Å². The third kappa shape index (κ3) is 3.57. The molecule has 1 rings (SSSR count). The van der Waals surface area contributed by atoms with Gasteiger partial charge >= 0.3 is 0 Å². The Morgan fingerprint density at radius 2 is 2.19 bits per heavy atom. The fourth-order valence-corrected chi connectivity index (χ4v) is 1.07. The second kappa shape index (κ2) is 5.70. The molecule has 3 nitrogen and oxygen atoms in total. The molecule has 1 amide bonds. The van der Waals surface area contributed by atoms with Crippen molar-refractivity contribution in [2.24, 2.45) is 0 Å². The molecule has 0 aliphatic rings. The summed E-state index contributed by atoms with van der Waals surface area (Å²) in [5.74, 6) is -0.794. The van der Waals surface area contributed by atoms with Crippen LogP contribution in [0, 0.1) is 5.82 Å². The van der Waals surface area contributed by atoms with Gasteiger partial charge in [0.15, 0.2) is 0 Å². The molecule has 0 fully saturated rings. The number of carbonyl (C=O) groups is 1. The quantitative estimate of drug-likeness (QED) is 0.467. The Hall–Kier alpha value is -2.10. The van der Waals surface area contributed by atoms with Gasteiger partial charge in [-0.15, -0.1) is 0 Å². The molecule has 0 atom stereocenters. The Kier molecular flexibility index (Phi) is 4.27. The van der Waals surface area contributed by atoms with Crippen molar-refractivity contribution in [2.75, 3.05) is 11.1 Å². The summed E-state index contributed by atoms with van der Waals surface area (Å²) in [6, 6.07) is 3.82. The minimum absolute atomic E-state index is 0.273. The largest absolute Gasteiger partial charge is 0.397 e. The fourth-order valence-electron chi connectivity index (χ4n) is 1.07. The van der Waals surface area contributed by atoms with Crippen LogP contribution in [0.2, 0.25) is 0 Å². The molecule has 0 spiro atoms. The third-order valence-electron chi connectivity index (χ3n) is 1.82. The zero-order valence-corrected chi connectivity index (χ0v) is 8.91. The standard InChI is InChI=1S/C12H13FN2O/c1-2-3-4-5-12(16)15-11-8-9(13)6-7-10(11)14/h2-8H,14H2,1H3,(H,15,16)/b3-2+,5-4+. The summed E-state index contributed by atoms with van der Waals surface area (Å²) >= 11 is 0. The molecule has 4 heteroatoms. The summed E-state index contributed by atoms with van der Waals surface area (Å²) < 4.78 is 12.9. The third-order valence-corrected chi connectivity index (χ3v) is 1.82. The fraction of sp³-hybridized carbons (Fsp3) is 0.0833. The van der Waals surface area contributed by atoms with Gasteiger partial charge in [0.2, 0.25) is 5.91 Å². The van der Waals surface area contributed by atoms with Gasteiger partial charge in [-0.2, -0.15) is 0 Å². The van der Waals surface area contributed by atoms with E-state index in [1.54, 1.807) is 18.2 Å². The van der Waals surface area contributed by atoms with Gasteiger partial charge in [0.05, 0.1) is 11.4 Å². The molecule has 0 aromatic heterocycles. The van der Waals surface area contributed by atoms with Gasteiger partial charge in [0, 0.05) is 6.08 Å². The molecule has 0 heterocycles. The Bertz CT molecular complexity index is 439. The van der Waals surface area contributed by atoms with Crippen molar-refractivity contribution in [3.63, 3.8) is 0 Å². The summed E-state index contributed by atoms with van der Waals surface area (Å²) in [4.78, 5) is 11.3. The van der Waals surface area contributed by atoms with Crippen molar-refractivity contribution >= 4 is 17.3 Å². The number of hydrogen-bond donors (Lipinski definition) is 2. The van der Waals surface area contributed by atoms with E-state index in [-0.39, 0.29) is 11.6 Å². The van der Waals surface area contributed by atoms with E-state index in [1.165, 1.54) is 24.3 Å². The molecule has 0 unspecified atom stereocenters. The van der Waals surface area contributed by atoms with Gasteiger partial charge in [-0.1, -0.05) is 18.2 Å². The lowest BCUT2D eigenvalue weighted by atomic mass is 10.2. The molecular weight excluding hydrogens is 207 g/mol. The normalized spacial score (nSPS) is 11.1. The predicted molar refractivity (Wildman–Crippen MR) is 63.4 cm³/mol. The summed E-state index contributed by atoms with van der Waals surface area (Å²) in [6.07, 6.45) is 6.43. The Labute approximate surface area is 93.5 Å². The first-order valence-corrected chi connectivity index (χ1v) is 4.79. The molecule has 0 aliphatic heterocycles. The highest BCUT2D eigenvalue weighted by Gasteiger charge is 2.03. The highest BCUT2D eigenvalue weighted by molar-refractivity contribution is 6.01. The number of amides is 1. The number of rotatable bonds is 3. The highest BCUT2D eigenvalue weighted by Crippen LogP contribution is 2.18. The summed E-state index contributed by atoms with van der Waals surface area (Å²) in [5.41, 5.74) is 6.17. The van der Waals surface area contributed by atoms with E-state index in [0.29, 0.717) is 5.69 Å². The Morgan fingerprint density at radius 1 is 1.44 bits per heavy atom. The SMILES string of the molecule is C/C=C/C=C/C(=O)Nc1cc(F)ccc1N. The van der Waals surface area contributed by atoms with Crippen LogP contribution in [0.5, 0.6) is 0 Å². The molecule has 16 heavy (non-hydrogen) atoms. The first-order chi connectivity index (χ1) is 7.63. The summed E-state index contributed by atoms with van der Waals surface area (Å²) in [6.45, 7) is 1.84. The first kappa shape index (κ1) is 12.0. The zero-order valence-electron chi connectivity index (χ0n) is 8.91. The van der Waals surface area contributed by atoms with Crippen LogP contribution >= 0.6 is 0 Å². The van der Waals surface area contributed by atoms with Crippen LogP contribution in [0.4, 0.5) is 15.8 Å². The maximum absolute atomic E-state index is 12.9. The maximum atomic E-state index is 12.9. The van der Waals surface area contributed by atoms with Gasteiger partial charge in [-0.05, 0) is 25.1 Å². The Balaban J connectivity index is 2.73. The van der Waals surface area contributed by atoms with E-state index in [1.807, 2.05) is 6.92 Å². The Morgan fingerprint density at radius 3 is 2.88 bits per heavy atom. The number of hydrogen-bond acceptors (Lipinski definition) is 2. The molecule has 0 saturated carbocycles. The van der Waals surface area contributed by atoms with Gasteiger partial charge in [0.1, 0.15) is 5.82 Å². The predicted octanol–water partition coefficient (Wildman–Crippen LogP) is 2.48. The molecule has 3 N–H and O–H groups in total. The van der Waals surface area contributed by atoms with Gasteiger partial charge in [0.25, 0.3) is 0 Å². The van der Waals surface area contributed by atoms with E-state index in [9.17, 15) is 9.18 Å². The first-order valence-electron chi connectivity index (χ1n) is 4.79. The zero-order chi connectivity index (χ0) is 12.0. The van der Waals surface area contributed by atoms with Crippen molar-refractivity contribution in [3.05, 3.63) is 48.3 Å². The number of nitrogens with two attached hydrogens (primary N) is 1. The molecule has 84 valence electrons. The number of anilines is 2. The molecule has 0 bridgehead atoms. The van der Waals surface area contributed by atoms with E-state index < -0.39 is 5.82 Å². The molecular formula is C12H13FN2O. The molecule has 0 saturated heterocycles. The number of nitrogen functional groups attached to an aromatic ring is 1. The lowest BCUT2D eigenvalue weighted by Gasteiger charge is -2.05. The van der Waals surface area contributed by atoms with Crippen molar-refractivity contribution in [1.29, 1.82) is 0 Å². The van der Waals surface area contributed by atoms with Crippen LogP contribution in [0.25, 0.3) is 0 Å². The van der Waals surface area contributed by atoms with Crippen LogP contribution < -0.4 is 11.1 Å². The average Bonchev–Trinajstić information content (AvgIpc) is 2.24. The summed E-state index contributed by atoms with van der Waals surface area (Å²) in [5, 5.41) is 2.49. The smallest absolute Gasteiger partial charge is 0.248 e. The van der Waals surface area contributed by atoms with E-state index in [2.05, 4.69) is 5.32 Å². The molecule has 0 aliphatic carbocycles. The lowest BCUT2D eigenvalue weighted by molar-refractivity contribution is -0.111. The number of nitrogens with one attached hydrogen (secondary N) is 1. The van der Waals surface area contributed by atoms with Gasteiger partial charge < -0.3 is 11.1 Å². The average molecular weight is 220 g/mol. The monoisotopic (exact) mass is 220 g/mol.